The van der Waals surface area contributed by atoms with Gasteiger partial charge < -0.3 is 9.47 Å². The number of benzene rings is 2. The van der Waals surface area contributed by atoms with E-state index in [-0.39, 0.29) is 5.70 Å². The molecule has 0 aliphatic carbocycles. The van der Waals surface area contributed by atoms with Crippen LogP contribution in [0.4, 0.5) is 0 Å². The summed E-state index contributed by atoms with van der Waals surface area (Å²) in [4.78, 5) is 16.4. The van der Waals surface area contributed by atoms with Gasteiger partial charge in [-0.2, -0.15) is 0 Å². The second-order valence-corrected chi connectivity index (χ2v) is 5.12. The van der Waals surface area contributed by atoms with Crippen molar-refractivity contribution in [1.29, 1.82) is 0 Å². The fourth-order valence-corrected chi connectivity index (χ4v) is 2.37. The normalized spacial score (nSPS) is 15.5. The Labute approximate surface area is 135 Å². The third-order valence-corrected chi connectivity index (χ3v) is 3.51. The number of esters is 1. The van der Waals surface area contributed by atoms with Gasteiger partial charge in [0, 0.05) is 11.1 Å². The summed E-state index contributed by atoms with van der Waals surface area (Å²) in [6, 6.07) is 15.2. The van der Waals surface area contributed by atoms with E-state index in [2.05, 4.69) is 4.99 Å². The van der Waals surface area contributed by atoms with Crippen molar-refractivity contribution < 1.29 is 14.3 Å². The van der Waals surface area contributed by atoms with E-state index in [1.807, 2.05) is 62.4 Å². The molecule has 0 spiro atoms. The van der Waals surface area contributed by atoms with Crippen LogP contribution in [0.1, 0.15) is 23.6 Å². The zero-order valence-electron chi connectivity index (χ0n) is 13.1. The number of para-hydroxylation sites is 1. The van der Waals surface area contributed by atoms with Gasteiger partial charge in [0.05, 0.1) is 6.61 Å². The number of hydrogen-bond donors (Lipinski definition) is 0. The van der Waals surface area contributed by atoms with Crippen molar-refractivity contribution in [3.63, 3.8) is 0 Å². The number of carbonyl (C=O) groups is 1. The molecule has 0 aromatic heterocycles. The highest BCUT2D eigenvalue weighted by Crippen LogP contribution is 2.25. The molecule has 4 nitrogen and oxygen atoms in total. The maximum atomic E-state index is 12.1. The molecule has 3 rings (SSSR count). The first-order valence-corrected chi connectivity index (χ1v) is 7.49. The molecule has 0 saturated carbocycles. The maximum Gasteiger partial charge on any atom is 0.363 e. The van der Waals surface area contributed by atoms with E-state index in [0.717, 1.165) is 22.4 Å². The Hall–Kier alpha value is -2.88. The molecule has 0 saturated heterocycles. The lowest BCUT2D eigenvalue weighted by Gasteiger charge is -2.06. The summed E-state index contributed by atoms with van der Waals surface area (Å²) >= 11 is 0. The fourth-order valence-electron chi connectivity index (χ4n) is 2.37. The predicted octanol–water partition coefficient (Wildman–Crippen LogP) is 3.74. The zero-order chi connectivity index (χ0) is 16.2. The molecule has 2 aromatic rings. The minimum Gasteiger partial charge on any atom is -0.493 e. The van der Waals surface area contributed by atoms with Crippen molar-refractivity contribution in [3.05, 3.63) is 70.9 Å². The van der Waals surface area contributed by atoms with E-state index in [9.17, 15) is 4.79 Å². The highest BCUT2D eigenvalue weighted by atomic mass is 16.6. The van der Waals surface area contributed by atoms with E-state index in [1.54, 1.807) is 6.08 Å². The first-order valence-electron chi connectivity index (χ1n) is 7.49. The lowest BCUT2D eigenvalue weighted by Crippen LogP contribution is -2.06. The van der Waals surface area contributed by atoms with Crippen LogP contribution in [0.15, 0.2) is 59.2 Å². The third kappa shape index (κ3) is 3.16. The first-order chi connectivity index (χ1) is 11.2. The Morgan fingerprint density at radius 1 is 1.13 bits per heavy atom. The van der Waals surface area contributed by atoms with Crippen LogP contribution in [0.5, 0.6) is 5.75 Å². The Morgan fingerprint density at radius 3 is 2.65 bits per heavy atom. The molecule has 0 amide bonds. The van der Waals surface area contributed by atoms with E-state index in [0.29, 0.717) is 12.5 Å². The highest BCUT2D eigenvalue weighted by molar-refractivity contribution is 6.13. The van der Waals surface area contributed by atoms with E-state index >= 15 is 0 Å². The van der Waals surface area contributed by atoms with Gasteiger partial charge in [-0.05, 0) is 37.6 Å². The molecular formula is C19H17NO3. The van der Waals surface area contributed by atoms with Crippen molar-refractivity contribution in [2.45, 2.75) is 13.8 Å². The number of rotatable bonds is 4. The van der Waals surface area contributed by atoms with Crippen LogP contribution in [-0.4, -0.2) is 18.5 Å². The first kappa shape index (κ1) is 15.0. The Morgan fingerprint density at radius 2 is 1.87 bits per heavy atom. The Bertz CT molecular complexity index is 806. The van der Waals surface area contributed by atoms with Gasteiger partial charge in [-0.1, -0.05) is 36.4 Å². The van der Waals surface area contributed by atoms with Crippen molar-refractivity contribution in [2.24, 2.45) is 4.99 Å². The summed E-state index contributed by atoms with van der Waals surface area (Å²) in [5.74, 6) is 0.609. The number of aryl methyl sites for hydroxylation is 1. The van der Waals surface area contributed by atoms with Crippen LogP contribution in [0.2, 0.25) is 0 Å². The van der Waals surface area contributed by atoms with Gasteiger partial charge >= 0.3 is 5.97 Å². The van der Waals surface area contributed by atoms with Crippen LogP contribution in [0.25, 0.3) is 6.08 Å². The monoisotopic (exact) mass is 307 g/mol. The number of cyclic esters (lactones) is 1. The van der Waals surface area contributed by atoms with Crippen LogP contribution < -0.4 is 4.74 Å². The Balaban J connectivity index is 1.98. The summed E-state index contributed by atoms with van der Waals surface area (Å²) in [5, 5.41) is 0. The van der Waals surface area contributed by atoms with Crippen LogP contribution in [-0.2, 0) is 9.53 Å². The van der Waals surface area contributed by atoms with Crippen molar-refractivity contribution in [3.8, 4) is 5.75 Å². The molecule has 1 heterocycles. The molecule has 0 bridgehead atoms. The van der Waals surface area contributed by atoms with Gasteiger partial charge in [0.15, 0.2) is 5.70 Å². The van der Waals surface area contributed by atoms with E-state index < -0.39 is 5.97 Å². The van der Waals surface area contributed by atoms with Gasteiger partial charge in [-0.3, -0.25) is 0 Å². The summed E-state index contributed by atoms with van der Waals surface area (Å²) in [7, 11) is 0. The molecule has 4 heteroatoms. The lowest BCUT2D eigenvalue weighted by molar-refractivity contribution is -0.129. The van der Waals surface area contributed by atoms with Crippen LogP contribution >= 0.6 is 0 Å². The van der Waals surface area contributed by atoms with E-state index in [4.69, 9.17) is 9.47 Å². The lowest BCUT2D eigenvalue weighted by atomic mass is 10.1. The van der Waals surface area contributed by atoms with Crippen molar-refractivity contribution in [2.75, 3.05) is 6.61 Å². The molecule has 0 atom stereocenters. The van der Waals surface area contributed by atoms with Gasteiger partial charge in [-0.25, -0.2) is 9.79 Å². The molecule has 1 aliphatic rings. The largest absolute Gasteiger partial charge is 0.493 e. The molecule has 1 aliphatic heterocycles. The summed E-state index contributed by atoms with van der Waals surface area (Å²) in [6.45, 7) is 4.43. The average molecular weight is 307 g/mol. The molecule has 0 unspecified atom stereocenters. The molecular weight excluding hydrogens is 290 g/mol. The highest BCUT2D eigenvalue weighted by Gasteiger charge is 2.25. The number of aliphatic imine (C=N–C) groups is 1. The number of ether oxygens (including phenoxy) is 2. The van der Waals surface area contributed by atoms with Crippen molar-refractivity contribution >= 4 is 17.9 Å². The topological polar surface area (TPSA) is 47.9 Å². The van der Waals surface area contributed by atoms with Gasteiger partial charge in [-0.15, -0.1) is 0 Å². The molecule has 0 N–H and O–H groups in total. The van der Waals surface area contributed by atoms with Crippen LogP contribution in [0, 0.1) is 6.92 Å². The number of nitrogens with zero attached hydrogens (tertiary/aromatic N) is 1. The molecule has 116 valence electrons. The standard InChI is InChI=1S/C19H17NO3/c1-3-22-17-11-7-5-9-14(17)12-16-19(21)23-18(20-16)15-10-6-4-8-13(15)2/h4-12H,3H2,1-2H3/b16-12+. The van der Waals surface area contributed by atoms with Gasteiger partial charge in [0.2, 0.25) is 5.90 Å². The second kappa shape index (κ2) is 6.48. The fraction of sp³-hybridized carbons (Fsp3) is 0.158. The quantitative estimate of drug-likeness (QED) is 0.638. The second-order valence-electron chi connectivity index (χ2n) is 5.12. The average Bonchev–Trinajstić information content (AvgIpc) is 2.91. The minimum atomic E-state index is -0.449. The van der Waals surface area contributed by atoms with Crippen molar-refractivity contribution in [1.82, 2.24) is 0 Å². The molecule has 0 fully saturated rings. The smallest absolute Gasteiger partial charge is 0.363 e. The third-order valence-electron chi connectivity index (χ3n) is 3.51. The minimum absolute atomic E-state index is 0.274. The number of hydrogen-bond acceptors (Lipinski definition) is 4. The van der Waals surface area contributed by atoms with E-state index in [1.165, 1.54) is 0 Å². The zero-order valence-corrected chi connectivity index (χ0v) is 13.1. The maximum absolute atomic E-state index is 12.1. The molecule has 23 heavy (non-hydrogen) atoms. The number of carbonyl (C=O) groups excluding carboxylic acids is 1. The molecule has 2 aromatic carbocycles. The Kier molecular flexibility index (Phi) is 4.24. The summed E-state index contributed by atoms with van der Waals surface area (Å²) in [6.07, 6.45) is 1.69. The SMILES string of the molecule is CCOc1ccccc1/C=C1/N=C(c2ccccc2C)OC1=O. The summed E-state index contributed by atoms with van der Waals surface area (Å²) < 4.78 is 10.9. The summed E-state index contributed by atoms with van der Waals surface area (Å²) in [5.41, 5.74) is 2.91. The molecule has 0 radical (unpaired) electrons. The predicted molar refractivity (Wildman–Crippen MR) is 89.4 cm³/mol. The van der Waals surface area contributed by atoms with Gasteiger partial charge in [0.1, 0.15) is 5.75 Å². The van der Waals surface area contributed by atoms with Crippen LogP contribution in [0.3, 0.4) is 0 Å². The van der Waals surface area contributed by atoms with Gasteiger partial charge in [0.25, 0.3) is 0 Å².